The zero-order valence-corrected chi connectivity index (χ0v) is 12.8. The molecule has 2 aliphatic rings. The predicted molar refractivity (Wildman–Crippen MR) is 79.9 cm³/mol. The Morgan fingerprint density at radius 2 is 2.40 bits per heavy atom. The fourth-order valence-corrected chi connectivity index (χ4v) is 4.03. The van der Waals surface area contributed by atoms with Crippen LogP contribution in [-0.2, 0) is 9.53 Å². The molecule has 5 heteroatoms. The number of amides is 1. The molecule has 0 saturated carbocycles. The predicted octanol–water partition coefficient (Wildman–Crippen LogP) is 2.13. The molecule has 0 aromatic carbocycles. The van der Waals surface area contributed by atoms with E-state index in [9.17, 15) is 4.79 Å². The van der Waals surface area contributed by atoms with Crippen molar-refractivity contribution in [2.75, 3.05) is 32.8 Å². The highest BCUT2D eigenvalue weighted by Crippen LogP contribution is 2.34. The van der Waals surface area contributed by atoms with Gasteiger partial charge in [-0.25, -0.2) is 0 Å². The lowest BCUT2D eigenvalue weighted by molar-refractivity contribution is -0.139. The van der Waals surface area contributed by atoms with Crippen LogP contribution >= 0.6 is 11.3 Å². The van der Waals surface area contributed by atoms with E-state index < -0.39 is 0 Å². The van der Waals surface area contributed by atoms with Crippen LogP contribution in [0, 0.1) is 0 Å². The molecule has 2 aliphatic heterocycles. The molecular weight excluding hydrogens is 272 g/mol. The fraction of sp³-hybridized carbons (Fsp3) is 0.667. The smallest absolute Gasteiger partial charge is 0.236 e. The maximum Gasteiger partial charge on any atom is 0.236 e. The average molecular weight is 294 g/mol. The summed E-state index contributed by atoms with van der Waals surface area (Å²) in [6.45, 7) is 5.76. The summed E-state index contributed by atoms with van der Waals surface area (Å²) in [5.41, 5.74) is 0. The van der Waals surface area contributed by atoms with Crippen LogP contribution in [-0.4, -0.2) is 54.6 Å². The molecule has 1 aromatic rings. The molecule has 3 rings (SSSR count). The van der Waals surface area contributed by atoms with Gasteiger partial charge in [-0.3, -0.25) is 9.69 Å². The number of nitrogens with zero attached hydrogens (tertiary/aromatic N) is 2. The van der Waals surface area contributed by atoms with E-state index in [2.05, 4.69) is 22.4 Å². The molecule has 0 N–H and O–H groups in total. The van der Waals surface area contributed by atoms with Gasteiger partial charge >= 0.3 is 0 Å². The second-order valence-corrected chi connectivity index (χ2v) is 6.64. The first kappa shape index (κ1) is 14.0. The third kappa shape index (κ3) is 3.05. The minimum atomic E-state index is 0.166. The van der Waals surface area contributed by atoms with Crippen LogP contribution in [0.5, 0.6) is 0 Å². The molecule has 1 amide bonds. The lowest BCUT2D eigenvalue weighted by Crippen LogP contribution is -2.48. The molecule has 110 valence electrons. The van der Waals surface area contributed by atoms with E-state index in [4.69, 9.17) is 4.74 Å². The Balaban J connectivity index is 1.60. The monoisotopic (exact) mass is 294 g/mol. The van der Waals surface area contributed by atoms with Gasteiger partial charge < -0.3 is 9.64 Å². The van der Waals surface area contributed by atoms with E-state index in [-0.39, 0.29) is 12.0 Å². The summed E-state index contributed by atoms with van der Waals surface area (Å²) >= 11 is 1.80. The second kappa shape index (κ2) is 6.24. The number of carbonyl (C=O) groups excluding carboxylic acids is 1. The normalized spacial score (nSPS) is 27.9. The lowest BCUT2D eigenvalue weighted by Gasteiger charge is -2.33. The fourth-order valence-electron chi connectivity index (χ4n) is 3.14. The average Bonchev–Trinajstić information content (AvgIpc) is 3.08. The molecule has 0 bridgehead atoms. The highest BCUT2D eigenvalue weighted by atomic mass is 32.1. The van der Waals surface area contributed by atoms with Gasteiger partial charge in [0.25, 0.3) is 0 Å². The number of thiophene rings is 1. The summed E-state index contributed by atoms with van der Waals surface area (Å²) in [6.07, 6.45) is 2.53. The van der Waals surface area contributed by atoms with Crippen LogP contribution < -0.4 is 0 Å². The van der Waals surface area contributed by atoms with Gasteiger partial charge in [-0.15, -0.1) is 11.3 Å². The number of ether oxygens (including phenoxy) is 1. The summed E-state index contributed by atoms with van der Waals surface area (Å²) in [5.74, 6) is 0.253. The molecule has 2 atom stereocenters. The van der Waals surface area contributed by atoms with Gasteiger partial charge in [0.1, 0.15) is 0 Å². The van der Waals surface area contributed by atoms with E-state index in [0.717, 1.165) is 19.6 Å². The SMILES string of the molecule is C[C@@H]1CN(C(=O)CN2CCC[C@H]2c2cccs2)CCO1. The summed E-state index contributed by atoms with van der Waals surface area (Å²) in [6, 6.07) is 4.73. The number of hydrogen-bond acceptors (Lipinski definition) is 4. The first-order valence-electron chi connectivity index (χ1n) is 7.41. The Morgan fingerprint density at radius 1 is 1.50 bits per heavy atom. The van der Waals surface area contributed by atoms with Crippen LogP contribution in [0.15, 0.2) is 17.5 Å². The van der Waals surface area contributed by atoms with E-state index in [1.165, 1.54) is 17.7 Å². The van der Waals surface area contributed by atoms with Crippen molar-refractivity contribution in [3.8, 4) is 0 Å². The highest BCUT2D eigenvalue weighted by Gasteiger charge is 2.30. The van der Waals surface area contributed by atoms with E-state index in [0.29, 0.717) is 19.2 Å². The molecule has 0 spiro atoms. The van der Waals surface area contributed by atoms with Crippen LogP contribution in [0.2, 0.25) is 0 Å². The van der Waals surface area contributed by atoms with Gasteiger partial charge in [0.2, 0.25) is 5.91 Å². The van der Waals surface area contributed by atoms with Crippen molar-refractivity contribution in [1.82, 2.24) is 9.80 Å². The molecule has 3 heterocycles. The first-order valence-corrected chi connectivity index (χ1v) is 8.29. The summed E-state index contributed by atoms with van der Waals surface area (Å²) in [5, 5.41) is 2.12. The topological polar surface area (TPSA) is 32.8 Å². The van der Waals surface area contributed by atoms with Crippen molar-refractivity contribution in [3.63, 3.8) is 0 Å². The lowest BCUT2D eigenvalue weighted by atomic mass is 10.2. The zero-order chi connectivity index (χ0) is 13.9. The number of morpholine rings is 1. The van der Waals surface area contributed by atoms with E-state index >= 15 is 0 Å². The van der Waals surface area contributed by atoms with Crippen LogP contribution in [0.3, 0.4) is 0 Å². The third-order valence-corrected chi connectivity index (χ3v) is 5.14. The molecule has 0 radical (unpaired) electrons. The van der Waals surface area contributed by atoms with E-state index in [1.54, 1.807) is 11.3 Å². The van der Waals surface area contributed by atoms with Crippen LogP contribution in [0.1, 0.15) is 30.7 Å². The Morgan fingerprint density at radius 3 is 3.15 bits per heavy atom. The Bertz CT molecular complexity index is 449. The largest absolute Gasteiger partial charge is 0.375 e. The van der Waals surface area contributed by atoms with Gasteiger partial charge in [-0.05, 0) is 37.8 Å². The maximum absolute atomic E-state index is 12.4. The summed E-state index contributed by atoms with van der Waals surface area (Å²) in [7, 11) is 0. The standard InChI is InChI=1S/C15H22N2O2S/c1-12-10-17(7-8-19-12)15(18)11-16-6-2-4-13(16)14-5-3-9-20-14/h3,5,9,12-13H,2,4,6-8,10-11H2,1H3/t12-,13+/m1/s1. The van der Waals surface area contributed by atoms with Gasteiger partial charge in [0.05, 0.1) is 19.3 Å². The van der Waals surface area contributed by atoms with Crippen molar-refractivity contribution < 1.29 is 9.53 Å². The molecule has 4 nitrogen and oxygen atoms in total. The van der Waals surface area contributed by atoms with E-state index in [1.807, 2.05) is 11.8 Å². The van der Waals surface area contributed by atoms with Gasteiger partial charge in [0, 0.05) is 24.0 Å². The first-order chi connectivity index (χ1) is 9.74. The van der Waals surface area contributed by atoms with Crippen LogP contribution in [0.25, 0.3) is 0 Å². The number of carbonyl (C=O) groups is 1. The number of likely N-dealkylation sites (tertiary alicyclic amines) is 1. The minimum absolute atomic E-state index is 0.166. The minimum Gasteiger partial charge on any atom is -0.375 e. The molecule has 2 saturated heterocycles. The zero-order valence-electron chi connectivity index (χ0n) is 12.0. The maximum atomic E-state index is 12.4. The second-order valence-electron chi connectivity index (χ2n) is 5.67. The number of rotatable bonds is 3. The summed E-state index contributed by atoms with van der Waals surface area (Å²) < 4.78 is 5.50. The van der Waals surface area contributed by atoms with Crippen LogP contribution in [0.4, 0.5) is 0 Å². The van der Waals surface area contributed by atoms with Crippen molar-refractivity contribution in [1.29, 1.82) is 0 Å². The van der Waals surface area contributed by atoms with Crippen molar-refractivity contribution in [2.24, 2.45) is 0 Å². The molecule has 0 aliphatic carbocycles. The van der Waals surface area contributed by atoms with Crippen molar-refractivity contribution >= 4 is 17.2 Å². The van der Waals surface area contributed by atoms with Gasteiger partial charge in [-0.1, -0.05) is 6.07 Å². The number of hydrogen-bond donors (Lipinski definition) is 0. The van der Waals surface area contributed by atoms with Crippen molar-refractivity contribution in [2.45, 2.75) is 31.9 Å². The molecule has 0 unspecified atom stereocenters. The van der Waals surface area contributed by atoms with Gasteiger partial charge in [0.15, 0.2) is 0 Å². The Hall–Kier alpha value is -0.910. The molecule has 2 fully saturated rings. The summed E-state index contributed by atoms with van der Waals surface area (Å²) in [4.78, 5) is 18.1. The third-order valence-electron chi connectivity index (χ3n) is 4.17. The highest BCUT2D eigenvalue weighted by molar-refractivity contribution is 7.10. The molecular formula is C15H22N2O2S. The Kier molecular flexibility index (Phi) is 4.38. The van der Waals surface area contributed by atoms with Crippen molar-refractivity contribution in [3.05, 3.63) is 22.4 Å². The Labute approximate surface area is 124 Å². The quantitative estimate of drug-likeness (QED) is 0.856. The van der Waals surface area contributed by atoms with Gasteiger partial charge in [-0.2, -0.15) is 0 Å². The molecule has 20 heavy (non-hydrogen) atoms. The molecule has 1 aromatic heterocycles.